The predicted octanol–water partition coefficient (Wildman–Crippen LogP) is 6.36. The first-order valence-corrected chi connectivity index (χ1v) is 12.1. The van der Waals surface area contributed by atoms with E-state index in [0.717, 1.165) is 22.3 Å². The van der Waals surface area contributed by atoms with Crippen LogP contribution in [0.1, 0.15) is 48.3 Å². The Bertz CT molecular complexity index is 1060. The molecule has 2 aliphatic heterocycles. The van der Waals surface area contributed by atoms with Gasteiger partial charge in [-0.1, -0.05) is 60.7 Å². The highest BCUT2D eigenvalue weighted by molar-refractivity contribution is 5.31. The Hall–Kier alpha value is -3.52. The van der Waals surface area contributed by atoms with Gasteiger partial charge in [0.2, 0.25) is 0 Å². The fraction of sp³-hybridized carbons (Fsp3) is 0.333. The van der Waals surface area contributed by atoms with Gasteiger partial charge in [-0.25, -0.2) is 0 Å². The van der Waals surface area contributed by atoms with E-state index in [1.54, 1.807) is 52.7 Å². The third-order valence-corrected chi connectivity index (χ3v) is 6.28. The van der Waals surface area contributed by atoms with Crippen LogP contribution in [0.15, 0.2) is 97.9 Å². The van der Waals surface area contributed by atoms with Crippen molar-refractivity contribution >= 4 is 0 Å². The SMILES string of the molecule is C=CC(OC(C=C)c1ccc(CC2=COC(C)(OC)O2)cc1)c1ccc(CC2=COC(C)(OC)O2)cc1. The first-order valence-electron chi connectivity index (χ1n) is 12.1. The van der Waals surface area contributed by atoms with Gasteiger partial charge in [-0.15, -0.1) is 13.2 Å². The van der Waals surface area contributed by atoms with E-state index < -0.39 is 11.9 Å². The molecule has 0 radical (unpaired) electrons. The molecule has 2 aliphatic rings. The van der Waals surface area contributed by atoms with Gasteiger partial charge >= 0.3 is 11.9 Å². The van der Waals surface area contributed by atoms with Crippen molar-refractivity contribution in [3.8, 4) is 0 Å². The Morgan fingerprint density at radius 1 is 0.703 bits per heavy atom. The second kappa shape index (κ2) is 11.3. The molecule has 4 unspecified atom stereocenters. The number of benzene rings is 2. The maximum absolute atomic E-state index is 6.37. The third-order valence-electron chi connectivity index (χ3n) is 6.28. The topological polar surface area (TPSA) is 64.6 Å². The number of allylic oxidation sites excluding steroid dienone is 2. The number of methoxy groups -OCH3 is 2. The van der Waals surface area contributed by atoms with Crippen LogP contribution in [0.4, 0.5) is 0 Å². The zero-order valence-electron chi connectivity index (χ0n) is 21.8. The fourth-order valence-corrected chi connectivity index (χ4v) is 4.00. The lowest BCUT2D eigenvalue weighted by atomic mass is 10.0. The molecule has 0 aliphatic carbocycles. The van der Waals surface area contributed by atoms with E-state index in [0.29, 0.717) is 24.4 Å². The van der Waals surface area contributed by atoms with Crippen molar-refractivity contribution in [3.05, 3.63) is 120 Å². The molecule has 0 amide bonds. The van der Waals surface area contributed by atoms with E-state index >= 15 is 0 Å². The molecule has 7 nitrogen and oxygen atoms in total. The molecule has 0 N–H and O–H groups in total. The van der Waals surface area contributed by atoms with Gasteiger partial charge in [-0.05, 0) is 22.3 Å². The average molecular weight is 507 g/mol. The Kier molecular flexibility index (Phi) is 8.07. The summed E-state index contributed by atoms with van der Waals surface area (Å²) < 4.78 is 39.1. The maximum atomic E-state index is 6.37. The summed E-state index contributed by atoms with van der Waals surface area (Å²) in [6.45, 7) is 11.4. The van der Waals surface area contributed by atoms with Gasteiger partial charge in [-0.2, -0.15) is 0 Å². The maximum Gasteiger partial charge on any atom is 0.367 e. The van der Waals surface area contributed by atoms with Gasteiger partial charge in [0.15, 0.2) is 0 Å². The van der Waals surface area contributed by atoms with Crippen LogP contribution in [0.2, 0.25) is 0 Å². The normalized spacial score (nSPS) is 24.0. The van der Waals surface area contributed by atoms with Gasteiger partial charge in [-0.3, -0.25) is 0 Å². The number of ether oxygens (including phenoxy) is 7. The van der Waals surface area contributed by atoms with E-state index in [4.69, 9.17) is 33.2 Å². The first-order chi connectivity index (χ1) is 17.8. The van der Waals surface area contributed by atoms with Crippen molar-refractivity contribution in [1.82, 2.24) is 0 Å². The van der Waals surface area contributed by atoms with Gasteiger partial charge in [0.1, 0.15) is 36.3 Å². The Balaban J connectivity index is 1.36. The molecule has 2 heterocycles. The molecule has 4 rings (SSSR count). The van der Waals surface area contributed by atoms with Crippen molar-refractivity contribution in [2.45, 2.75) is 50.8 Å². The minimum Gasteiger partial charge on any atom is -0.435 e. The molecule has 0 saturated heterocycles. The lowest BCUT2D eigenvalue weighted by Crippen LogP contribution is -2.28. The smallest absolute Gasteiger partial charge is 0.367 e. The quantitative estimate of drug-likeness (QED) is 0.310. The summed E-state index contributed by atoms with van der Waals surface area (Å²) in [7, 11) is 3.09. The first kappa shape index (κ1) is 26.5. The summed E-state index contributed by atoms with van der Waals surface area (Å²) in [4.78, 5) is 0. The lowest BCUT2D eigenvalue weighted by molar-refractivity contribution is -0.301. The Labute approximate surface area is 218 Å². The minimum atomic E-state index is -1.06. The van der Waals surface area contributed by atoms with E-state index in [-0.39, 0.29) is 12.2 Å². The van der Waals surface area contributed by atoms with Crippen molar-refractivity contribution in [2.75, 3.05) is 14.2 Å². The molecule has 4 atom stereocenters. The van der Waals surface area contributed by atoms with E-state index in [1.165, 1.54) is 0 Å². The van der Waals surface area contributed by atoms with Gasteiger partial charge in [0.25, 0.3) is 0 Å². The second-order valence-corrected chi connectivity index (χ2v) is 9.03. The van der Waals surface area contributed by atoms with Gasteiger partial charge in [0.05, 0.1) is 0 Å². The standard InChI is InChI=1S/C30H34O7/c1-7-27(23-13-9-21(10-14-23)17-25-19-33-29(3,31-5)36-25)35-28(8-2)24-15-11-22(12-16-24)18-26-20-34-30(4,32-6)37-26/h7-16,19-20,27-28H,1-2,17-18H2,3-6H3. The van der Waals surface area contributed by atoms with Gasteiger partial charge in [0, 0.05) is 40.9 Å². The molecular formula is C30H34O7. The molecule has 7 heteroatoms. The number of rotatable bonds is 12. The molecular weight excluding hydrogens is 472 g/mol. The van der Waals surface area contributed by atoms with E-state index in [9.17, 15) is 0 Å². The Morgan fingerprint density at radius 2 is 1.08 bits per heavy atom. The van der Waals surface area contributed by atoms with Crippen LogP contribution < -0.4 is 0 Å². The molecule has 0 bridgehead atoms. The second-order valence-electron chi connectivity index (χ2n) is 9.03. The van der Waals surface area contributed by atoms with Crippen molar-refractivity contribution in [1.29, 1.82) is 0 Å². The molecule has 0 saturated carbocycles. The summed E-state index contributed by atoms with van der Waals surface area (Å²) in [5.74, 6) is -0.702. The van der Waals surface area contributed by atoms with Crippen LogP contribution in [-0.2, 0) is 46.0 Å². The zero-order chi connectivity index (χ0) is 26.5. The predicted molar refractivity (Wildman–Crippen MR) is 139 cm³/mol. The van der Waals surface area contributed by atoms with E-state index in [2.05, 4.69) is 13.2 Å². The van der Waals surface area contributed by atoms with Crippen LogP contribution in [0.5, 0.6) is 0 Å². The van der Waals surface area contributed by atoms with Crippen LogP contribution in [0, 0.1) is 0 Å². The van der Waals surface area contributed by atoms with Crippen LogP contribution in [-0.4, -0.2) is 26.2 Å². The highest BCUT2D eigenvalue weighted by Gasteiger charge is 2.34. The summed E-state index contributed by atoms with van der Waals surface area (Å²) >= 11 is 0. The van der Waals surface area contributed by atoms with Crippen LogP contribution in [0.3, 0.4) is 0 Å². The lowest BCUT2D eigenvalue weighted by Gasteiger charge is -2.22. The van der Waals surface area contributed by atoms with Crippen LogP contribution >= 0.6 is 0 Å². The summed E-state index contributed by atoms with van der Waals surface area (Å²) in [6, 6.07) is 16.3. The van der Waals surface area contributed by atoms with Crippen LogP contribution in [0.25, 0.3) is 0 Å². The van der Waals surface area contributed by atoms with Crippen molar-refractivity contribution < 1.29 is 33.2 Å². The summed E-state index contributed by atoms with van der Waals surface area (Å²) in [5, 5.41) is 0. The summed E-state index contributed by atoms with van der Waals surface area (Å²) in [5.41, 5.74) is 4.14. The molecule has 196 valence electrons. The highest BCUT2D eigenvalue weighted by Crippen LogP contribution is 2.32. The Morgan fingerprint density at radius 3 is 1.38 bits per heavy atom. The molecule has 0 aromatic heterocycles. The highest BCUT2D eigenvalue weighted by atomic mass is 16.9. The molecule has 0 fully saturated rings. The molecule has 2 aromatic carbocycles. The summed E-state index contributed by atoms with van der Waals surface area (Å²) in [6.07, 6.45) is 7.34. The molecule has 0 spiro atoms. The van der Waals surface area contributed by atoms with Crippen molar-refractivity contribution in [3.63, 3.8) is 0 Å². The largest absolute Gasteiger partial charge is 0.435 e. The minimum absolute atomic E-state index is 0.306. The monoisotopic (exact) mass is 506 g/mol. The average Bonchev–Trinajstić information content (AvgIpc) is 3.49. The third kappa shape index (κ3) is 6.43. The van der Waals surface area contributed by atoms with Gasteiger partial charge < -0.3 is 33.2 Å². The molecule has 37 heavy (non-hydrogen) atoms. The number of hydrogen-bond donors (Lipinski definition) is 0. The zero-order valence-corrected chi connectivity index (χ0v) is 21.8. The number of hydrogen-bond acceptors (Lipinski definition) is 7. The van der Waals surface area contributed by atoms with Crippen molar-refractivity contribution in [2.24, 2.45) is 0 Å². The van der Waals surface area contributed by atoms with E-state index in [1.807, 2.05) is 48.5 Å². The fourth-order valence-electron chi connectivity index (χ4n) is 4.00. The molecule has 2 aromatic rings.